The van der Waals surface area contributed by atoms with Gasteiger partial charge in [0, 0.05) is 7.05 Å². The lowest BCUT2D eigenvalue weighted by atomic mass is 10.2. The highest BCUT2D eigenvalue weighted by Crippen LogP contribution is 2.19. The SMILES string of the molecule is Cn1c(SCC(=O)c2cccs2)nc2ccccc2c1=O. The van der Waals surface area contributed by atoms with Crippen molar-refractivity contribution in [1.29, 1.82) is 0 Å². The van der Waals surface area contributed by atoms with Crippen LogP contribution in [0.4, 0.5) is 0 Å². The van der Waals surface area contributed by atoms with E-state index < -0.39 is 0 Å². The van der Waals surface area contributed by atoms with Crippen LogP contribution in [0, 0.1) is 0 Å². The summed E-state index contributed by atoms with van der Waals surface area (Å²) >= 11 is 2.72. The summed E-state index contributed by atoms with van der Waals surface area (Å²) in [5.41, 5.74) is 0.568. The van der Waals surface area contributed by atoms with E-state index in [4.69, 9.17) is 0 Å². The Morgan fingerprint density at radius 1 is 1.29 bits per heavy atom. The summed E-state index contributed by atoms with van der Waals surface area (Å²) < 4.78 is 1.49. The fraction of sp³-hybridized carbons (Fsp3) is 0.133. The maximum Gasteiger partial charge on any atom is 0.261 e. The van der Waals surface area contributed by atoms with Crippen molar-refractivity contribution in [3.8, 4) is 0 Å². The zero-order chi connectivity index (χ0) is 14.8. The molecule has 0 aliphatic heterocycles. The van der Waals surface area contributed by atoms with Crippen molar-refractivity contribution < 1.29 is 4.79 Å². The minimum Gasteiger partial charge on any atom is -0.292 e. The number of thioether (sulfide) groups is 1. The summed E-state index contributed by atoms with van der Waals surface area (Å²) in [7, 11) is 1.68. The standard InChI is InChI=1S/C15H12N2O2S2/c1-17-14(19)10-5-2-3-6-11(10)16-15(17)21-9-12(18)13-7-4-8-20-13/h2-8H,9H2,1H3. The Morgan fingerprint density at radius 3 is 2.86 bits per heavy atom. The van der Waals surface area contributed by atoms with Crippen LogP contribution in [0.15, 0.2) is 51.7 Å². The smallest absolute Gasteiger partial charge is 0.261 e. The number of nitrogens with zero attached hydrogens (tertiary/aromatic N) is 2. The van der Waals surface area contributed by atoms with Crippen molar-refractivity contribution in [2.45, 2.75) is 5.16 Å². The largest absolute Gasteiger partial charge is 0.292 e. The highest BCUT2D eigenvalue weighted by atomic mass is 32.2. The lowest BCUT2D eigenvalue weighted by Gasteiger charge is -2.07. The number of aromatic nitrogens is 2. The number of hydrogen-bond donors (Lipinski definition) is 0. The molecule has 0 atom stereocenters. The Kier molecular flexibility index (Phi) is 3.90. The molecule has 0 saturated carbocycles. The number of carbonyl (C=O) groups is 1. The second-order valence-corrected chi connectivity index (χ2v) is 6.36. The van der Waals surface area contributed by atoms with Crippen LogP contribution in [0.25, 0.3) is 10.9 Å². The predicted molar refractivity (Wildman–Crippen MR) is 86.4 cm³/mol. The van der Waals surface area contributed by atoms with E-state index in [2.05, 4.69) is 4.98 Å². The van der Waals surface area contributed by atoms with Gasteiger partial charge >= 0.3 is 0 Å². The molecule has 1 aromatic carbocycles. The van der Waals surface area contributed by atoms with Crippen LogP contribution >= 0.6 is 23.1 Å². The molecule has 3 rings (SSSR count). The highest BCUT2D eigenvalue weighted by Gasteiger charge is 2.12. The van der Waals surface area contributed by atoms with Gasteiger partial charge in [0.2, 0.25) is 0 Å². The molecule has 0 fully saturated rings. The van der Waals surface area contributed by atoms with Gasteiger partial charge in [-0.2, -0.15) is 0 Å². The van der Waals surface area contributed by atoms with Crippen LogP contribution < -0.4 is 5.56 Å². The van der Waals surface area contributed by atoms with Crippen LogP contribution in [0.5, 0.6) is 0 Å². The van der Waals surface area contributed by atoms with Crippen LogP contribution in [-0.4, -0.2) is 21.1 Å². The van der Waals surface area contributed by atoms with Crippen LogP contribution in [0.1, 0.15) is 9.67 Å². The molecule has 0 radical (unpaired) electrons. The fourth-order valence-corrected chi connectivity index (χ4v) is 3.58. The van der Waals surface area contributed by atoms with Gasteiger partial charge in [0.05, 0.1) is 21.5 Å². The maximum atomic E-state index is 12.2. The van der Waals surface area contributed by atoms with E-state index in [1.54, 1.807) is 19.2 Å². The first-order valence-electron chi connectivity index (χ1n) is 6.32. The molecule has 2 aromatic heterocycles. The first kappa shape index (κ1) is 14.0. The van der Waals surface area contributed by atoms with Crippen molar-refractivity contribution in [2.75, 3.05) is 5.75 Å². The molecule has 4 nitrogen and oxygen atoms in total. The minimum absolute atomic E-state index is 0.0532. The normalized spacial score (nSPS) is 10.9. The van der Waals surface area contributed by atoms with Crippen LogP contribution in [-0.2, 0) is 7.05 Å². The van der Waals surface area contributed by atoms with E-state index in [0.29, 0.717) is 16.1 Å². The molecular formula is C15H12N2O2S2. The molecular weight excluding hydrogens is 304 g/mol. The lowest BCUT2D eigenvalue weighted by molar-refractivity contribution is 0.102. The molecule has 0 amide bonds. The van der Waals surface area contributed by atoms with E-state index in [1.165, 1.54) is 27.7 Å². The van der Waals surface area contributed by atoms with E-state index in [-0.39, 0.29) is 17.1 Å². The molecule has 0 bridgehead atoms. The molecule has 2 heterocycles. The van der Waals surface area contributed by atoms with Crippen molar-refractivity contribution in [2.24, 2.45) is 7.05 Å². The Hall–Kier alpha value is -1.92. The third-order valence-corrected chi connectivity index (χ3v) is 5.01. The Balaban J connectivity index is 1.89. The van der Waals surface area contributed by atoms with Gasteiger partial charge in [0.25, 0.3) is 5.56 Å². The van der Waals surface area contributed by atoms with Crippen molar-refractivity contribution >= 4 is 39.8 Å². The lowest BCUT2D eigenvalue weighted by Crippen LogP contribution is -2.20. The summed E-state index contributed by atoms with van der Waals surface area (Å²) in [6.45, 7) is 0. The number of ketones is 1. The van der Waals surface area contributed by atoms with Gasteiger partial charge in [0.1, 0.15) is 0 Å². The summed E-state index contributed by atoms with van der Waals surface area (Å²) in [5.74, 6) is 0.330. The summed E-state index contributed by atoms with van der Waals surface area (Å²) in [6.07, 6.45) is 0. The fourth-order valence-electron chi connectivity index (χ4n) is 1.97. The van der Waals surface area contributed by atoms with Gasteiger partial charge in [-0.05, 0) is 23.6 Å². The molecule has 0 aliphatic rings. The molecule has 0 unspecified atom stereocenters. The van der Waals surface area contributed by atoms with Gasteiger partial charge in [-0.3, -0.25) is 14.2 Å². The van der Waals surface area contributed by atoms with E-state index in [9.17, 15) is 9.59 Å². The Morgan fingerprint density at radius 2 is 2.10 bits per heavy atom. The average molecular weight is 316 g/mol. The van der Waals surface area contributed by atoms with Crippen molar-refractivity contribution in [3.63, 3.8) is 0 Å². The monoisotopic (exact) mass is 316 g/mol. The molecule has 0 N–H and O–H groups in total. The quantitative estimate of drug-likeness (QED) is 0.422. The number of para-hydroxylation sites is 1. The third kappa shape index (κ3) is 2.77. The number of Topliss-reactive ketones (excluding diaryl/α,β-unsaturated/α-hetero) is 1. The number of rotatable bonds is 4. The molecule has 3 aromatic rings. The van der Waals surface area contributed by atoms with Gasteiger partial charge in [-0.25, -0.2) is 4.98 Å². The molecule has 0 spiro atoms. The number of benzene rings is 1. The maximum absolute atomic E-state index is 12.2. The van der Waals surface area contributed by atoms with E-state index in [1.807, 2.05) is 29.6 Å². The summed E-state index contributed by atoms with van der Waals surface area (Å²) in [4.78, 5) is 29.5. The molecule has 0 saturated heterocycles. The summed E-state index contributed by atoms with van der Waals surface area (Å²) in [5, 5.41) is 3.03. The zero-order valence-corrected chi connectivity index (χ0v) is 12.9. The first-order valence-corrected chi connectivity index (χ1v) is 8.18. The second kappa shape index (κ2) is 5.83. The molecule has 0 aliphatic carbocycles. The van der Waals surface area contributed by atoms with Gasteiger partial charge in [-0.15, -0.1) is 11.3 Å². The topological polar surface area (TPSA) is 52.0 Å². The predicted octanol–water partition coefficient (Wildman–Crippen LogP) is 2.97. The molecule has 6 heteroatoms. The van der Waals surface area contributed by atoms with Gasteiger partial charge in [0.15, 0.2) is 10.9 Å². The number of fused-ring (bicyclic) bond motifs is 1. The molecule has 106 valence electrons. The zero-order valence-electron chi connectivity index (χ0n) is 11.3. The van der Waals surface area contributed by atoms with E-state index in [0.717, 1.165) is 4.88 Å². The molecule has 21 heavy (non-hydrogen) atoms. The van der Waals surface area contributed by atoms with E-state index >= 15 is 0 Å². The van der Waals surface area contributed by atoms with Crippen molar-refractivity contribution in [3.05, 3.63) is 57.0 Å². The van der Waals surface area contributed by atoms with Crippen LogP contribution in [0.3, 0.4) is 0 Å². The van der Waals surface area contributed by atoms with Gasteiger partial charge in [-0.1, -0.05) is 30.0 Å². The minimum atomic E-state index is -0.0910. The van der Waals surface area contributed by atoms with Crippen molar-refractivity contribution in [1.82, 2.24) is 9.55 Å². The number of hydrogen-bond acceptors (Lipinski definition) is 5. The number of carbonyl (C=O) groups excluding carboxylic acids is 1. The second-order valence-electron chi connectivity index (χ2n) is 4.46. The third-order valence-electron chi connectivity index (χ3n) is 3.07. The number of thiophene rings is 1. The van der Waals surface area contributed by atoms with Gasteiger partial charge < -0.3 is 0 Å². The average Bonchev–Trinajstić information content (AvgIpc) is 3.03. The highest BCUT2D eigenvalue weighted by molar-refractivity contribution is 7.99. The van der Waals surface area contributed by atoms with Crippen LogP contribution in [0.2, 0.25) is 0 Å². The summed E-state index contributed by atoms with van der Waals surface area (Å²) in [6, 6.07) is 10.9. The Bertz CT molecular complexity index is 854. The first-order chi connectivity index (χ1) is 10.2. The Labute approximate surface area is 129 Å².